The van der Waals surface area contributed by atoms with Gasteiger partial charge in [0.05, 0.1) is 17.2 Å². The minimum atomic E-state index is 0.650. The quantitative estimate of drug-likeness (QED) is 0.907. The molecule has 2 N–H and O–H groups in total. The molecule has 3 nitrogen and oxygen atoms in total. The van der Waals surface area contributed by atoms with Crippen molar-refractivity contribution < 1.29 is 0 Å². The smallest absolute Gasteiger partial charge is 0.136 e. The molecular formula is C11H11Br2N3. The molecule has 0 atom stereocenters. The number of hydrogen-bond acceptors (Lipinski definition) is 2. The Morgan fingerprint density at radius 3 is 2.62 bits per heavy atom. The Bertz CT molecular complexity index is 520. The third-order valence-electron chi connectivity index (χ3n) is 2.40. The van der Waals surface area contributed by atoms with Gasteiger partial charge in [0.1, 0.15) is 5.82 Å². The van der Waals surface area contributed by atoms with Gasteiger partial charge >= 0.3 is 0 Å². The highest BCUT2D eigenvalue weighted by Gasteiger charge is 2.05. The van der Waals surface area contributed by atoms with E-state index in [4.69, 9.17) is 5.73 Å². The van der Waals surface area contributed by atoms with E-state index in [0.717, 1.165) is 8.95 Å². The molecule has 0 saturated heterocycles. The molecular weight excluding hydrogens is 334 g/mol. The van der Waals surface area contributed by atoms with E-state index in [1.54, 1.807) is 10.9 Å². The van der Waals surface area contributed by atoms with Gasteiger partial charge in [0, 0.05) is 4.47 Å². The predicted octanol–water partition coefficient (Wildman–Crippen LogP) is 3.35. The Morgan fingerprint density at radius 1 is 1.31 bits per heavy atom. The predicted molar refractivity (Wildman–Crippen MR) is 72.3 cm³/mol. The zero-order chi connectivity index (χ0) is 11.7. The van der Waals surface area contributed by atoms with Crippen LogP contribution in [0.25, 0.3) is 0 Å². The fraction of sp³-hybridized carbons (Fsp3) is 0.182. The van der Waals surface area contributed by atoms with E-state index in [-0.39, 0.29) is 0 Å². The minimum Gasteiger partial charge on any atom is -0.383 e. The monoisotopic (exact) mass is 343 g/mol. The van der Waals surface area contributed by atoms with Gasteiger partial charge in [0.2, 0.25) is 0 Å². The fourth-order valence-corrected chi connectivity index (χ4v) is 2.13. The molecule has 0 unspecified atom stereocenters. The Labute approximate surface area is 111 Å². The van der Waals surface area contributed by atoms with Crippen LogP contribution in [0.3, 0.4) is 0 Å². The molecule has 1 aromatic heterocycles. The Morgan fingerprint density at radius 2 is 2.06 bits per heavy atom. The molecule has 0 bridgehead atoms. The molecule has 0 aliphatic heterocycles. The first-order chi connectivity index (χ1) is 7.58. The standard InChI is InChI=1S/C11H11Br2N3/c1-7-2-3-8(4-9(7)12)6-16-11(14)10(13)5-15-16/h2-5H,6,14H2,1H3. The van der Waals surface area contributed by atoms with E-state index < -0.39 is 0 Å². The average molecular weight is 345 g/mol. The first kappa shape index (κ1) is 11.7. The van der Waals surface area contributed by atoms with E-state index in [1.165, 1.54) is 11.1 Å². The first-order valence-corrected chi connectivity index (χ1v) is 6.38. The molecule has 1 heterocycles. The number of hydrogen-bond donors (Lipinski definition) is 1. The largest absolute Gasteiger partial charge is 0.383 e. The zero-order valence-corrected chi connectivity index (χ0v) is 11.9. The molecule has 0 radical (unpaired) electrons. The second-order valence-corrected chi connectivity index (χ2v) is 5.33. The average Bonchev–Trinajstić information content (AvgIpc) is 2.55. The van der Waals surface area contributed by atoms with Gasteiger partial charge in [-0.1, -0.05) is 28.1 Å². The van der Waals surface area contributed by atoms with Crippen molar-refractivity contribution in [1.29, 1.82) is 0 Å². The lowest BCUT2D eigenvalue weighted by Crippen LogP contribution is -2.05. The van der Waals surface area contributed by atoms with E-state index in [0.29, 0.717) is 12.4 Å². The number of anilines is 1. The summed E-state index contributed by atoms with van der Waals surface area (Å²) in [6, 6.07) is 6.24. The summed E-state index contributed by atoms with van der Waals surface area (Å²) in [5.74, 6) is 0.650. The molecule has 16 heavy (non-hydrogen) atoms. The van der Waals surface area contributed by atoms with Crippen molar-refractivity contribution in [2.45, 2.75) is 13.5 Å². The highest BCUT2D eigenvalue weighted by Crippen LogP contribution is 2.21. The van der Waals surface area contributed by atoms with Crippen LogP contribution in [0.2, 0.25) is 0 Å². The van der Waals surface area contributed by atoms with Crippen LogP contribution in [-0.2, 0) is 6.54 Å². The van der Waals surface area contributed by atoms with Crippen LogP contribution < -0.4 is 5.73 Å². The maximum atomic E-state index is 5.86. The number of rotatable bonds is 2. The van der Waals surface area contributed by atoms with E-state index in [2.05, 4.69) is 62.1 Å². The molecule has 84 valence electrons. The molecule has 2 rings (SSSR count). The maximum Gasteiger partial charge on any atom is 0.136 e. The third kappa shape index (κ3) is 2.30. The number of nitrogen functional groups attached to an aromatic ring is 1. The van der Waals surface area contributed by atoms with Crippen molar-refractivity contribution in [3.05, 3.63) is 44.5 Å². The van der Waals surface area contributed by atoms with Gasteiger partial charge in [-0.25, -0.2) is 4.68 Å². The molecule has 5 heteroatoms. The zero-order valence-electron chi connectivity index (χ0n) is 8.74. The maximum absolute atomic E-state index is 5.86. The van der Waals surface area contributed by atoms with Gasteiger partial charge in [-0.05, 0) is 40.0 Å². The topological polar surface area (TPSA) is 43.8 Å². The van der Waals surface area contributed by atoms with Gasteiger partial charge in [-0.2, -0.15) is 5.10 Å². The number of aryl methyl sites for hydroxylation is 1. The number of benzene rings is 1. The van der Waals surface area contributed by atoms with Crippen molar-refractivity contribution in [2.75, 3.05) is 5.73 Å². The lowest BCUT2D eigenvalue weighted by Gasteiger charge is -2.06. The van der Waals surface area contributed by atoms with Crippen molar-refractivity contribution >= 4 is 37.7 Å². The molecule has 0 saturated carbocycles. The number of aromatic nitrogens is 2. The van der Waals surface area contributed by atoms with Crippen molar-refractivity contribution in [3.63, 3.8) is 0 Å². The lowest BCUT2D eigenvalue weighted by molar-refractivity contribution is 0.696. The van der Waals surface area contributed by atoms with Crippen LogP contribution in [0.5, 0.6) is 0 Å². The van der Waals surface area contributed by atoms with Crippen LogP contribution in [-0.4, -0.2) is 9.78 Å². The van der Waals surface area contributed by atoms with Crippen LogP contribution >= 0.6 is 31.9 Å². The van der Waals surface area contributed by atoms with E-state index in [9.17, 15) is 0 Å². The van der Waals surface area contributed by atoms with Gasteiger partial charge in [-0.3, -0.25) is 0 Å². The molecule has 1 aromatic carbocycles. The second-order valence-electron chi connectivity index (χ2n) is 3.62. The SMILES string of the molecule is Cc1ccc(Cn2ncc(Br)c2N)cc1Br. The molecule has 2 aromatic rings. The Hall–Kier alpha value is -0.810. The highest BCUT2D eigenvalue weighted by molar-refractivity contribution is 9.10. The number of nitrogens with zero attached hydrogens (tertiary/aromatic N) is 2. The summed E-state index contributed by atoms with van der Waals surface area (Å²) in [4.78, 5) is 0. The van der Waals surface area contributed by atoms with E-state index in [1.807, 2.05) is 0 Å². The third-order valence-corrected chi connectivity index (χ3v) is 3.87. The molecule has 0 spiro atoms. The first-order valence-electron chi connectivity index (χ1n) is 4.79. The molecule has 0 aliphatic carbocycles. The summed E-state index contributed by atoms with van der Waals surface area (Å²) in [6.45, 7) is 2.74. The van der Waals surface area contributed by atoms with Crippen molar-refractivity contribution in [2.24, 2.45) is 0 Å². The molecule has 0 amide bonds. The summed E-state index contributed by atoms with van der Waals surface area (Å²) < 4.78 is 3.70. The lowest BCUT2D eigenvalue weighted by atomic mass is 10.1. The number of halogens is 2. The summed E-state index contributed by atoms with van der Waals surface area (Å²) in [6.07, 6.45) is 1.71. The summed E-state index contributed by atoms with van der Waals surface area (Å²) in [5.41, 5.74) is 8.25. The van der Waals surface area contributed by atoms with Gasteiger partial charge in [-0.15, -0.1) is 0 Å². The summed E-state index contributed by atoms with van der Waals surface area (Å²) in [7, 11) is 0. The van der Waals surface area contributed by atoms with Crippen LogP contribution in [0.15, 0.2) is 33.3 Å². The van der Waals surface area contributed by atoms with E-state index >= 15 is 0 Å². The normalized spacial score (nSPS) is 10.7. The Kier molecular flexibility index (Phi) is 3.35. The highest BCUT2D eigenvalue weighted by atomic mass is 79.9. The van der Waals surface area contributed by atoms with Crippen LogP contribution in [0.4, 0.5) is 5.82 Å². The molecule has 0 aliphatic rings. The molecule has 0 fully saturated rings. The Balaban J connectivity index is 2.27. The van der Waals surface area contributed by atoms with Crippen LogP contribution in [0.1, 0.15) is 11.1 Å². The van der Waals surface area contributed by atoms with Gasteiger partial charge in [0.25, 0.3) is 0 Å². The summed E-state index contributed by atoms with van der Waals surface area (Å²) in [5, 5.41) is 4.19. The van der Waals surface area contributed by atoms with Crippen molar-refractivity contribution in [1.82, 2.24) is 9.78 Å². The van der Waals surface area contributed by atoms with Crippen LogP contribution in [0, 0.1) is 6.92 Å². The van der Waals surface area contributed by atoms with Gasteiger partial charge < -0.3 is 5.73 Å². The second kappa shape index (κ2) is 4.59. The van der Waals surface area contributed by atoms with Crippen molar-refractivity contribution in [3.8, 4) is 0 Å². The number of nitrogens with two attached hydrogens (primary N) is 1. The summed E-state index contributed by atoms with van der Waals surface area (Å²) >= 11 is 6.85. The van der Waals surface area contributed by atoms with Gasteiger partial charge in [0.15, 0.2) is 0 Å². The minimum absolute atomic E-state index is 0.650. The fourth-order valence-electron chi connectivity index (χ4n) is 1.41.